The zero-order valence-electron chi connectivity index (χ0n) is 11.8. The minimum atomic E-state index is -0.399. The molecule has 0 unspecified atom stereocenters. The Labute approximate surface area is 130 Å². The number of rotatable bonds is 3. The molecule has 2 N–H and O–H groups in total. The zero-order chi connectivity index (χ0) is 15.8. The van der Waals surface area contributed by atoms with Crippen LogP contribution in [-0.4, -0.2) is 17.0 Å². The van der Waals surface area contributed by atoms with Crippen LogP contribution in [0.25, 0.3) is 11.5 Å². The Kier molecular flexibility index (Phi) is 2.97. The number of carbonyl (C=O) groups excluding carboxylic acids is 2. The van der Waals surface area contributed by atoms with Crippen molar-refractivity contribution in [2.24, 2.45) is 0 Å². The number of benzene rings is 1. The fourth-order valence-corrected chi connectivity index (χ4v) is 2.42. The predicted octanol–water partition coefficient (Wildman–Crippen LogP) is 2.68. The van der Waals surface area contributed by atoms with Crippen molar-refractivity contribution in [3.8, 4) is 11.5 Å². The van der Waals surface area contributed by atoms with E-state index in [-0.39, 0.29) is 11.6 Å². The molecule has 0 aliphatic carbocycles. The van der Waals surface area contributed by atoms with Crippen LogP contribution >= 0.6 is 0 Å². The Morgan fingerprint density at radius 1 is 1.22 bits per heavy atom. The van der Waals surface area contributed by atoms with Crippen LogP contribution in [0.5, 0.6) is 0 Å². The fraction of sp³-hybridized carbons (Fsp3) is 0.0625. The summed E-state index contributed by atoms with van der Waals surface area (Å²) in [5.41, 5.74) is 2.36. The lowest BCUT2D eigenvalue weighted by Crippen LogP contribution is -2.12. The van der Waals surface area contributed by atoms with E-state index in [0.29, 0.717) is 23.6 Å². The van der Waals surface area contributed by atoms with E-state index < -0.39 is 5.91 Å². The Hall–Kier alpha value is -3.35. The lowest BCUT2D eigenvalue weighted by molar-refractivity contribution is -0.115. The fourth-order valence-electron chi connectivity index (χ4n) is 2.42. The van der Waals surface area contributed by atoms with E-state index in [2.05, 4.69) is 15.8 Å². The molecule has 2 amide bonds. The number of anilines is 2. The van der Waals surface area contributed by atoms with Crippen LogP contribution in [0.1, 0.15) is 16.1 Å². The van der Waals surface area contributed by atoms with Gasteiger partial charge in [-0.1, -0.05) is 5.16 Å². The highest BCUT2D eigenvalue weighted by atomic mass is 16.5. The molecular weight excluding hydrogens is 298 g/mol. The largest absolute Gasteiger partial charge is 0.461 e. The number of hydrogen-bond donors (Lipinski definition) is 2. The molecule has 0 saturated carbocycles. The van der Waals surface area contributed by atoms with Gasteiger partial charge in [0.05, 0.1) is 12.7 Å². The standard InChI is InChI=1S/C16H11N3O4/c20-15-7-9-6-10(3-4-11(9)18-15)17-16(21)12-8-14(23-19-12)13-2-1-5-22-13/h1-6,8H,7H2,(H,17,21)(H,18,20). The molecule has 1 aliphatic heterocycles. The second-order valence-electron chi connectivity index (χ2n) is 5.10. The van der Waals surface area contributed by atoms with Crippen LogP contribution in [0.4, 0.5) is 11.4 Å². The highest BCUT2D eigenvalue weighted by Crippen LogP contribution is 2.26. The van der Waals surface area contributed by atoms with E-state index >= 15 is 0 Å². The lowest BCUT2D eigenvalue weighted by atomic mass is 10.1. The van der Waals surface area contributed by atoms with E-state index in [1.54, 1.807) is 30.3 Å². The number of aromatic nitrogens is 1. The second-order valence-corrected chi connectivity index (χ2v) is 5.10. The van der Waals surface area contributed by atoms with Crippen LogP contribution in [-0.2, 0) is 11.2 Å². The van der Waals surface area contributed by atoms with E-state index in [4.69, 9.17) is 8.94 Å². The number of carbonyl (C=O) groups is 2. The summed E-state index contributed by atoms with van der Waals surface area (Å²) in [7, 11) is 0. The summed E-state index contributed by atoms with van der Waals surface area (Å²) in [6, 6.07) is 10.2. The molecule has 0 fully saturated rings. The predicted molar refractivity (Wildman–Crippen MR) is 80.9 cm³/mol. The van der Waals surface area contributed by atoms with E-state index in [1.807, 2.05) is 0 Å². The van der Waals surface area contributed by atoms with Crippen molar-refractivity contribution in [1.29, 1.82) is 0 Å². The summed E-state index contributed by atoms with van der Waals surface area (Å²) >= 11 is 0. The third-order valence-electron chi connectivity index (χ3n) is 3.50. The summed E-state index contributed by atoms with van der Waals surface area (Å²) in [5.74, 6) is 0.425. The van der Waals surface area contributed by atoms with Crippen LogP contribution < -0.4 is 10.6 Å². The van der Waals surface area contributed by atoms with Gasteiger partial charge in [-0.15, -0.1) is 0 Å². The van der Waals surface area contributed by atoms with Crippen molar-refractivity contribution >= 4 is 23.2 Å². The van der Waals surface area contributed by atoms with Gasteiger partial charge in [-0.3, -0.25) is 9.59 Å². The smallest absolute Gasteiger partial charge is 0.277 e. The summed E-state index contributed by atoms with van der Waals surface area (Å²) in [4.78, 5) is 23.6. The topological polar surface area (TPSA) is 97.4 Å². The molecule has 0 radical (unpaired) electrons. The summed E-state index contributed by atoms with van der Waals surface area (Å²) < 4.78 is 10.3. The Morgan fingerprint density at radius 3 is 2.96 bits per heavy atom. The molecule has 3 aromatic rings. The lowest BCUT2D eigenvalue weighted by Gasteiger charge is -2.05. The van der Waals surface area contributed by atoms with E-state index in [0.717, 1.165) is 11.3 Å². The first-order chi connectivity index (χ1) is 11.2. The van der Waals surface area contributed by atoms with Crippen molar-refractivity contribution in [1.82, 2.24) is 5.16 Å². The molecule has 0 saturated heterocycles. The number of furan rings is 1. The molecular formula is C16H11N3O4. The van der Waals surface area contributed by atoms with Crippen LogP contribution in [0, 0.1) is 0 Å². The molecule has 3 heterocycles. The molecule has 0 bridgehead atoms. The molecule has 114 valence electrons. The molecule has 7 nitrogen and oxygen atoms in total. The number of amides is 2. The van der Waals surface area contributed by atoms with Crippen LogP contribution in [0.3, 0.4) is 0 Å². The van der Waals surface area contributed by atoms with Crippen LogP contribution in [0.2, 0.25) is 0 Å². The van der Waals surface area contributed by atoms with Gasteiger partial charge in [0.1, 0.15) is 0 Å². The van der Waals surface area contributed by atoms with Crippen molar-refractivity contribution < 1.29 is 18.5 Å². The minimum absolute atomic E-state index is 0.0527. The SMILES string of the molecule is O=C1Cc2cc(NC(=O)c3cc(-c4ccco4)on3)ccc2N1. The zero-order valence-corrected chi connectivity index (χ0v) is 11.8. The van der Waals surface area contributed by atoms with Gasteiger partial charge < -0.3 is 19.6 Å². The highest BCUT2D eigenvalue weighted by molar-refractivity contribution is 6.04. The maximum Gasteiger partial charge on any atom is 0.277 e. The van der Waals surface area contributed by atoms with Crippen LogP contribution in [0.15, 0.2) is 51.6 Å². The molecule has 1 aromatic carbocycles. The van der Waals surface area contributed by atoms with E-state index in [1.165, 1.54) is 12.3 Å². The number of hydrogen-bond acceptors (Lipinski definition) is 5. The van der Waals surface area contributed by atoms with Crippen molar-refractivity contribution in [3.63, 3.8) is 0 Å². The van der Waals surface area contributed by atoms with Gasteiger partial charge in [0.25, 0.3) is 5.91 Å². The van der Waals surface area contributed by atoms with Gasteiger partial charge in [-0.25, -0.2) is 0 Å². The first-order valence-corrected chi connectivity index (χ1v) is 6.94. The van der Waals surface area contributed by atoms with Gasteiger partial charge in [0.15, 0.2) is 11.5 Å². The Morgan fingerprint density at radius 2 is 2.13 bits per heavy atom. The van der Waals surface area contributed by atoms with Gasteiger partial charge >= 0.3 is 0 Å². The van der Waals surface area contributed by atoms with Gasteiger partial charge in [0, 0.05) is 17.4 Å². The Balaban J connectivity index is 1.52. The average molecular weight is 309 g/mol. The second kappa shape index (κ2) is 5.13. The summed E-state index contributed by atoms with van der Waals surface area (Å²) in [6.45, 7) is 0. The average Bonchev–Trinajstić information content (AvgIpc) is 3.26. The molecule has 4 rings (SSSR count). The molecule has 7 heteroatoms. The number of nitrogens with zero attached hydrogens (tertiary/aromatic N) is 1. The highest BCUT2D eigenvalue weighted by Gasteiger charge is 2.19. The van der Waals surface area contributed by atoms with E-state index in [9.17, 15) is 9.59 Å². The van der Waals surface area contributed by atoms with Crippen molar-refractivity contribution in [3.05, 3.63) is 53.9 Å². The molecule has 0 atom stereocenters. The van der Waals surface area contributed by atoms with Gasteiger partial charge in [-0.2, -0.15) is 0 Å². The maximum atomic E-state index is 12.2. The first-order valence-electron chi connectivity index (χ1n) is 6.94. The Bertz CT molecular complexity index is 896. The minimum Gasteiger partial charge on any atom is -0.461 e. The van der Waals surface area contributed by atoms with Gasteiger partial charge in [-0.05, 0) is 35.9 Å². The number of fused-ring (bicyclic) bond motifs is 1. The molecule has 23 heavy (non-hydrogen) atoms. The first kappa shape index (κ1) is 13.3. The molecule has 2 aromatic heterocycles. The van der Waals surface area contributed by atoms with Gasteiger partial charge in [0.2, 0.25) is 11.7 Å². The normalized spacial score (nSPS) is 12.8. The monoisotopic (exact) mass is 309 g/mol. The molecule has 1 aliphatic rings. The maximum absolute atomic E-state index is 12.2. The molecule has 0 spiro atoms. The number of nitrogens with one attached hydrogen (secondary N) is 2. The van der Waals surface area contributed by atoms with Crippen molar-refractivity contribution in [2.75, 3.05) is 10.6 Å². The summed E-state index contributed by atoms with van der Waals surface area (Å²) in [6.07, 6.45) is 1.82. The van der Waals surface area contributed by atoms with Crippen molar-refractivity contribution in [2.45, 2.75) is 6.42 Å². The third-order valence-corrected chi connectivity index (χ3v) is 3.50. The third kappa shape index (κ3) is 2.48. The summed E-state index contributed by atoms with van der Waals surface area (Å²) in [5, 5.41) is 9.21. The quantitative estimate of drug-likeness (QED) is 0.775.